The lowest BCUT2D eigenvalue weighted by molar-refractivity contribution is 0.663. The van der Waals surface area contributed by atoms with E-state index in [1.807, 2.05) is 0 Å². The predicted molar refractivity (Wildman–Crippen MR) is 259 cm³/mol. The zero-order valence-electron chi connectivity index (χ0n) is 34.2. The van der Waals surface area contributed by atoms with Gasteiger partial charge in [-0.1, -0.05) is 153 Å². The second-order valence-electron chi connectivity index (χ2n) is 17.0. The molecule has 10 aromatic carbocycles. The van der Waals surface area contributed by atoms with E-state index in [9.17, 15) is 0 Å². The molecule has 0 amide bonds. The topological polar surface area (TPSA) is 8.17 Å². The average molecular weight is 779 g/mol. The maximum Gasteiger partial charge on any atom is 0.0541 e. The van der Waals surface area contributed by atoms with E-state index < -0.39 is 0 Å². The maximum atomic E-state index is 2.44. The normalized spacial score (nSPS) is 12.9. The minimum absolute atomic E-state index is 0.0565. The van der Waals surface area contributed by atoms with Gasteiger partial charge in [-0.25, -0.2) is 0 Å². The lowest BCUT2D eigenvalue weighted by Crippen LogP contribution is -2.15. The Morgan fingerprint density at radius 1 is 0.344 bits per heavy atom. The molecule has 0 atom stereocenters. The summed E-state index contributed by atoms with van der Waals surface area (Å²) < 4.78 is 2.37. The number of aromatic nitrogens is 1. The van der Waals surface area contributed by atoms with Crippen LogP contribution in [0.15, 0.2) is 218 Å². The average Bonchev–Trinajstić information content (AvgIpc) is 3.78. The van der Waals surface area contributed by atoms with E-state index in [0.717, 1.165) is 17.1 Å². The van der Waals surface area contributed by atoms with Gasteiger partial charge in [0.05, 0.1) is 11.0 Å². The van der Waals surface area contributed by atoms with Crippen molar-refractivity contribution in [1.29, 1.82) is 0 Å². The van der Waals surface area contributed by atoms with Gasteiger partial charge < -0.3 is 9.47 Å². The highest BCUT2D eigenvalue weighted by atomic mass is 15.1. The number of hydrogen-bond donors (Lipinski definition) is 0. The van der Waals surface area contributed by atoms with Crippen LogP contribution in [0.5, 0.6) is 0 Å². The van der Waals surface area contributed by atoms with Crippen LogP contribution in [0.2, 0.25) is 0 Å². The summed E-state index contributed by atoms with van der Waals surface area (Å²) in [5.74, 6) is 0. The standard InChI is InChI=1S/C59H42N2/c1-59(2)53-18-11-14-43-20-21-45-36-46(38-54(59)58(45)57(43)53)42-26-33-50(34-27-42)60(48-29-22-40(23-30-48)39-12-5-3-6-13-39)49-31-24-41(25-32-49)44-28-35-56-52(37-44)51-17-9-10-19-55(51)61(56)47-15-7-4-8-16-47/h3-38H,1-2H3. The van der Waals surface area contributed by atoms with Crippen molar-refractivity contribution in [3.63, 3.8) is 0 Å². The SMILES string of the molecule is CC1(C)c2cccc3ccc4cc(-c5ccc(N(c6ccc(-c7ccccc7)cc6)c6ccc(-c7ccc8c(c7)c7ccccc7n8-c7ccccc7)cc6)cc5)cc1c4c23. The highest BCUT2D eigenvalue weighted by Crippen LogP contribution is 2.50. The lowest BCUT2D eigenvalue weighted by atomic mass is 9.81. The van der Waals surface area contributed by atoms with Crippen LogP contribution in [-0.4, -0.2) is 4.57 Å². The molecule has 1 aliphatic rings. The summed E-state index contributed by atoms with van der Waals surface area (Å²) in [7, 11) is 0. The summed E-state index contributed by atoms with van der Waals surface area (Å²) in [6.45, 7) is 4.75. The van der Waals surface area contributed by atoms with Crippen molar-refractivity contribution in [1.82, 2.24) is 4.57 Å². The Kier molecular flexibility index (Phi) is 7.92. The molecule has 1 heterocycles. The minimum atomic E-state index is -0.0565. The zero-order chi connectivity index (χ0) is 40.7. The van der Waals surface area contributed by atoms with Crippen LogP contribution in [-0.2, 0) is 5.41 Å². The van der Waals surface area contributed by atoms with Crippen LogP contribution < -0.4 is 4.90 Å². The van der Waals surface area contributed by atoms with E-state index in [0.29, 0.717) is 0 Å². The molecule has 0 saturated heterocycles. The molecule has 2 nitrogen and oxygen atoms in total. The van der Waals surface area contributed by atoms with Gasteiger partial charge in [0.25, 0.3) is 0 Å². The number of nitrogens with zero attached hydrogens (tertiary/aromatic N) is 2. The second-order valence-corrected chi connectivity index (χ2v) is 17.0. The first-order chi connectivity index (χ1) is 30.0. The van der Waals surface area contributed by atoms with E-state index in [1.54, 1.807) is 0 Å². The van der Waals surface area contributed by atoms with Gasteiger partial charge in [-0.05, 0) is 145 Å². The lowest BCUT2D eigenvalue weighted by Gasteiger charge is -2.26. The highest BCUT2D eigenvalue weighted by molar-refractivity contribution is 6.16. The van der Waals surface area contributed by atoms with Crippen molar-refractivity contribution in [3.05, 3.63) is 230 Å². The molecule has 1 aliphatic carbocycles. The smallest absolute Gasteiger partial charge is 0.0541 e. The van der Waals surface area contributed by atoms with Crippen molar-refractivity contribution in [2.45, 2.75) is 19.3 Å². The Hall–Kier alpha value is -7.68. The van der Waals surface area contributed by atoms with Gasteiger partial charge in [-0.15, -0.1) is 0 Å². The molecule has 0 N–H and O–H groups in total. The molecule has 0 fully saturated rings. The van der Waals surface area contributed by atoms with Crippen LogP contribution in [0.1, 0.15) is 25.0 Å². The fourth-order valence-corrected chi connectivity index (χ4v) is 10.1. The van der Waals surface area contributed by atoms with Crippen LogP contribution in [0.25, 0.3) is 82.4 Å². The van der Waals surface area contributed by atoms with E-state index in [4.69, 9.17) is 0 Å². The summed E-state index contributed by atoms with van der Waals surface area (Å²) >= 11 is 0. The Morgan fingerprint density at radius 2 is 0.869 bits per heavy atom. The molecule has 0 spiro atoms. The number of hydrogen-bond acceptors (Lipinski definition) is 1. The van der Waals surface area contributed by atoms with E-state index in [2.05, 4.69) is 242 Å². The number of para-hydroxylation sites is 2. The van der Waals surface area contributed by atoms with Gasteiger partial charge in [0.15, 0.2) is 0 Å². The number of anilines is 3. The third-order valence-electron chi connectivity index (χ3n) is 13.1. The Bertz CT molecular complexity index is 3450. The number of fused-ring (bicyclic) bond motifs is 3. The van der Waals surface area contributed by atoms with Crippen LogP contribution in [0, 0.1) is 0 Å². The summed E-state index contributed by atoms with van der Waals surface area (Å²) in [5, 5.41) is 7.97. The first-order valence-corrected chi connectivity index (χ1v) is 21.3. The van der Waals surface area contributed by atoms with Crippen molar-refractivity contribution < 1.29 is 0 Å². The van der Waals surface area contributed by atoms with Crippen LogP contribution in [0.4, 0.5) is 17.1 Å². The summed E-state index contributed by atoms with van der Waals surface area (Å²) in [4.78, 5) is 2.37. The molecule has 0 aliphatic heterocycles. The molecule has 0 radical (unpaired) electrons. The van der Waals surface area contributed by atoms with Crippen molar-refractivity contribution in [2.75, 3.05) is 4.90 Å². The van der Waals surface area contributed by atoms with Crippen LogP contribution in [0.3, 0.4) is 0 Å². The first kappa shape index (κ1) is 35.3. The summed E-state index contributed by atoms with van der Waals surface area (Å²) in [6, 6.07) is 80.2. The fourth-order valence-electron chi connectivity index (χ4n) is 10.1. The van der Waals surface area contributed by atoms with Crippen LogP contribution >= 0.6 is 0 Å². The van der Waals surface area contributed by atoms with Gasteiger partial charge in [0, 0.05) is 38.9 Å². The van der Waals surface area contributed by atoms with Gasteiger partial charge in [-0.3, -0.25) is 0 Å². The van der Waals surface area contributed by atoms with Crippen molar-refractivity contribution in [3.8, 4) is 39.1 Å². The van der Waals surface area contributed by atoms with Gasteiger partial charge in [0.1, 0.15) is 0 Å². The van der Waals surface area contributed by atoms with Gasteiger partial charge in [0.2, 0.25) is 0 Å². The highest BCUT2D eigenvalue weighted by Gasteiger charge is 2.34. The maximum absolute atomic E-state index is 2.44. The zero-order valence-corrected chi connectivity index (χ0v) is 34.2. The van der Waals surface area contributed by atoms with Crippen molar-refractivity contribution in [2.24, 2.45) is 0 Å². The number of benzene rings is 10. The quantitative estimate of drug-likeness (QED) is 0.146. The largest absolute Gasteiger partial charge is 0.311 e. The molecular formula is C59H42N2. The Balaban J connectivity index is 0.928. The summed E-state index contributed by atoms with van der Waals surface area (Å²) in [5.41, 5.74) is 17.0. The molecule has 61 heavy (non-hydrogen) atoms. The predicted octanol–water partition coefficient (Wildman–Crippen LogP) is 16.2. The van der Waals surface area contributed by atoms with Crippen molar-refractivity contribution >= 4 is 60.4 Å². The minimum Gasteiger partial charge on any atom is -0.311 e. The Labute approximate surface area is 356 Å². The fraction of sp³-hybridized carbons (Fsp3) is 0.0508. The monoisotopic (exact) mass is 778 g/mol. The molecule has 12 rings (SSSR count). The first-order valence-electron chi connectivity index (χ1n) is 21.3. The van der Waals surface area contributed by atoms with E-state index in [1.165, 1.54) is 93.5 Å². The molecular weight excluding hydrogens is 737 g/mol. The molecule has 1 aromatic heterocycles. The third kappa shape index (κ3) is 5.64. The molecule has 0 unspecified atom stereocenters. The van der Waals surface area contributed by atoms with E-state index >= 15 is 0 Å². The molecule has 0 bridgehead atoms. The second kappa shape index (κ2) is 13.7. The Morgan fingerprint density at radius 3 is 1.56 bits per heavy atom. The van der Waals surface area contributed by atoms with E-state index in [-0.39, 0.29) is 5.41 Å². The molecule has 288 valence electrons. The molecule has 11 aromatic rings. The third-order valence-corrected chi connectivity index (χ3v) is 13.1. The number of rotatable bonds is 7. The van der Waals surface area contributed by atoms with Gasteiger partial charge in [-0.2, -0.15) is 0 Å². The van der Waals surface area contributed by atoms with Gasteiger partial charge >= 0.3 is 0 Å². The molecule has 2 heteroatoms. The molecule has 0 saturated carbocycles. The summed E-state index contributed by atoms with van der Waals surface area (Å²) in [6.07, 6.45) is 0.